The van der Waals surface area contributed by atoms with Crippen molar-refractivity contribution in [3.05, 3.63) is 59.7 Å². The van der Waals surface area contributed by atoms with Crippen LogP contribution in [0, 0.1) is 5.92 Å². The van der Waals surface area contributed by atoms with E-state index in [4.69, 9.17) is 14.2 Å². The number of nitrogens with zero attached hydrogens (tertiary/aromatic N) is 2. The summed E-state index contributed by atoms with van der Waals surface area (Å²) >= 11 is 0. The van der Waals surface area contributed by atoms with Gasteiger partial charge in [-0.25, -0.2) is 0 Å². The summed E-state index contributed by atoms with van der Waals surface area (Å²) in [6, 6.07) is 16.0. The molecule has 2 aromatic rings. The van der Waals surface area contributed by atoms with Crippen LogP contribution >= 0.6 is 0 Å². The molecule has 1 heterocycles. The lowest BCUT2D eigenvalue weighted by atomic mass is 10.1. The van der Waals surface area contributed by atoms with Crippen molar-refractivity contribution < 1.29 is 14.2 Å². The number of rotatable bonds is 9. The predicted octanol–water partition coefficient (Wildman–Crippen LogP) is 4.49. The summed E-state index contributed by atoms with van der Waals surface area (Å²) in [5, 5.41) is 8.78. The first kappa shape index (κ1) is 18.7. The van der Waals surface area contributed by atoms with Gasteiger partial charge >= 0.3 is 0 Å². The van der Waals surface area contributed by atoms with Crippen LogP contribution in [0.3, 0.4) is 0 Å². The molecule has 146 valence electrons. The molecule has 5 nitrogen and oxygen atoms in total. The molecule has 0 bridgehead atoms. The fourth-order valence-electron chi connectivity index (χ4n) is 2.70. The van der Waals surface area contributed by atoms with E-state index in [0.717, 1.165) is 53.2 Å². The highest BCUT2D eigenvalue weighted by Gasteiger charge is 2.23. The molecule has 0 N–H and O–H groups in total. The van der Waals surface area contributed by atoms with E-state index < -0.39 is 0 Å². The highest BCUT2D eigenvalue weighted by Crippen LogP contribution is 2.29. The molecule has 1 atom stereocenters. The summed E-state index contributed by atoms with van der Waals surface area (Å²) in [4.78, 5) is 0. The summed E-state index contributed by atoms with van der Waals surface area (Å²) in [5.74, 6) is 2.52. The predicted molar refractivity (Wildman–Crippen MR) is 111 cm³/mol. The van der Waals surface area contributed by atoms with E-state index in [1.807, 2.05) is 62.4 Å². The first-order valence-corrected chi connectivity index (χ1v) is 9.84. The number of ether oxygens (including phenoxy) is 3. The van der Waals surface area contributed by atoms with Gasteiger partial charge in [-0.2, -0.15) is 10.2 Å². The van der Waals surface area contributed by atoms with Crippen LogP contribution < -0.4 is 9.47 Å². The minimum Gasteiger partial charge on any atom is -0.493 e. The lowest BCUT2D eigenvalue weighted by Crippen LogP contribution is -2.04. The zero-order valence-electron chi connectivity index (χ0n) is 16.4. The van der Waals surface area contributed by atoms with E-state index in [1.54, 1.807) is 0 Å². The van der Waals surface area contributed by atoms with Crippen LogP contribution in [-0.2, 0) is 4.74 Å². The van der Waals surface area contributed by atoms with Crippen molar-refractivity contribution in [1.82, 2.24) is 0 Å². The minimum absolute atomic E-state index is 0.263. The monoisotopic (exact) mass is 378 g/mol. The molecule has 2 aliphatic rings. The number of benzene rings is 2. The van der Waals surface area contributed by atoms with Crippen molar-refractivity contribution in [2.45, 2.75) is 32.8 Å². The third-order valence-corrected chi connectivity index (χ3v) is 4.92. The van der Waals surface area contributed by atoms with E-state index in [2.05, 4.69) is 10.2 Å². The molecule has 5 heteroatoms. The Kier molecular flexibility index (Phi) is 5.72. The Balaban J connectivity index is 1.34. The second kappa shape index (κ2) is 8.57. The molecule has 1 unspecified atom stereocenters. The number of hydrogen-bond donors (Lipinski definition) is 0. The fraction of sp³-hybridized carbons (Fsp3) is 0.391. The Morgan fingerprint density at radius 2 is 1.29 bits per heavy atom. The van der Waals surface area contributed by atoms with E-state index in [0.29, 0.717) is 6.61 Å². The first-order valence-electron chi connectivity index (χ1n) is 9.84. The van der Waals surface area contributed by atoms with Gasteiger partial charge in [0, 0.05) is 0 Å². The average Bonchev–Trinajstić information content (AvgIpc) is 3.64. The van der Waals surface area contributed by atoms with Crippen LogP contribution in [0.25, 0.3) is 0 Å². The van der Waals surface area contributed by atoms with Crippen molar-refractivity contribution in [2.75, 3.05) is 19.8 Å². The Hall–Kier alpha value is -2.66. The molecular weight excluding hydrogens is 352 g/mol. The van der Waals surface area contributed by atoms with Crippen LogP contribution in [0.2, 0.25) is 0 Å². The Bertz CT molecular complexity index is 775. The topological polar surface area (TPSA) is 55.7 Å². The molecule has 1 aliphatic carbocycles. The molecule has 0 spiro atoms. The van der Waals surface area contributed by atoms with Gasteiger partial charge in [-0.15, -0.1) is 0 Å². The zero-order chi connectivity index (χ0) is 19.3. The standard InChI is InChI=1S/C23H26N2O3/c1-16(19-5-9-21(10-6-19)26-13-18-3-4-18)24-25-17(2)20-7-11-22(12-8-20)27-14-23-15-28-23/h5-12,18,23H,3-4,13-15H2,1-2H3/b24-16+,25-17+. The molecule has 0 aromatic heterocycles. The smallest absolute Gasteiger partial charge is 0.119 e. The zero-order valence-corrected chi connectivity index (χ0v) is 16.4. The molecule has 1 saturated heterocycles. The number of hydrogen-bond acceptors (Lipinski definition) is 5. The molecule has 0 amide bonds. The van der Waals surface area contributed by atoms with Crippen LogP contribution in [-0.4, -0.2) is 37.3 Å². The molecule has 2 aromatic carbocycles. The summed E-state index contributed by atoms with van der Waals surface area (Å²) < 4.78 is 16.6. The quantitative estimate of drug-likeness (QED) is 0.367. The van der Waals surface area contributed by atoms with E-state index in [1.165, 1.54) is 12.8 Å². The molecule has 1 saturated carbocycles. The van der Waals surface area contributed by atoms with E-state index >= 15 is 0 Å². The van der Waals surface area contributed by atoms with Crippen molar-refractivity contribution in [3.8, 4) is 11.5 Å². The van der Waals surface area contributed by atoms with Crippen LogP contribution in [0.5, 0.6) is 11.5 Å². The molecule has 4 rings (SSSR count). The van der Waals surface area contributed by atoms with Crippen LogP contribution in [0.15, 0.2) is 58.7 Å². The Labute approximate surface area is 166 Å². The maximum atomic E-state index is 5.78. The normalized spacial score (nSPS) is 19.4. The van der Waals surface area contributed by atoms with Crippen molar-refractivity contribution in [1.29, 1.82) is 0 Å². The first-order chi connectivity index (χ1) is 13.7. The lowest BCUT2D eigenvalue weighted by Gasteiger charge is -2.06. The fourth-order valence-corrected chi connectivity index (χ4v) is 2.70. The van der Waals surface area contributed by atoms with Gasteiger partial charge in [-0.1, -0.05) is 0 Å². The van der Waals surface area contributed by atoms with Gasteiger partial charge < -0.3 is 14.2 Å². The molecule has 2 fully saturated rings. The summed E-state index contributed by atoms with van der Waals surface area (Å²) in [7, 11) is 0. The third kappa shape index (κ3) is 5.42. The Morgan fingerprint density at radius 1 is 0.821 bits per heavy atom. The minimum atomic E-state index is 0.263. The Morgan fingerprint density at radius 3 is 1.71 bits per heavy atom. The van der Waals surface area contributed by atoms with Gasteiger partial charge in [0.05, 0.1) is 24.6 Å². The van der Waals surface area contributed by atoms with Gasteiger partial charge in [0.1, 0.15) is 24.2 Å². The molecule has 1 aliphatic heterocycles. The SMILES string of the molecule is C/C(=N\N=C(/C)c1ccc(OCC2CO2)cc1)c1ccc(OCC2CC2)cc1. The number of epoxide rings is 1. The van der Waals surface area contributed by atoms with E-state index in [-0.39, 0.29) is 6.10 Å². The molecule has 28 heavy (non-hydrogen) atoms. The highest BCUT2D eigenvalue weighted by atomic mass is 16.6. The molecule has 0 radical (unpaired) electrons. The van der Waals surface area contributed by atoms with Crippen molar-refractivity contribution in [2.24, 2.45) is 16.1 Å². The van der Waals surface area contributed by atoms with Gasteiger partial charge in [0.15, 0.2) is 0 Å². The van der Waals surface area contributed by atoms with Crippen molar-refractivity contribution in [3.63, 3.8) is 0 Å². The van der Waals surface area contributed by atoms with Crippen LogP contribution in [0.1, 0.15) is 37.8 Å². The summed E-state index contributed by atoms with van der Waals surface area (Å²) in [6.07, 6.45) is 2.86. The maximum Gasteiger partial charge on any atom is 0.119 e. The van der Waals surface area contributed by atoms with E-state index in [9.17, 15) is 0 Å². The second-order valence-electron chi connectivity index (χ2n) is 7.44. The highest BCUT2D eigenvalue weighted by molar-refractivity contribution is 6.01. The maximum absolute atomic E-state index is 5.78. The van der Waals surface area contributed by atoms with Gasteiger partial charge in [-0.05, 0) is 92.3 Å². The van der Waals surface area contributed by atoms with Crippen molar-refractivity contribution >= 4 is 11.4 Å². The summed E-state index contributed by atoms with van der Waals surface area (Å²) in [6.45, 7) is 6.17. The third-order valence-electron chi connectivity index (χ3n) is 4.92. The van der Waals surface area contributed by atoms with Crippen LogP contribution in [0.4, 0.5) is 0 Å². The van der Waals surface area contributed by atoms with Gasteiger partial charge in [0.2, 0.25) is 0 Å². The lowest BCUT2D eigenvalue weighted by molar-refractivity contribution is 0.263. The largest absolute Gasteiger partial charge is 0.493 e. The molecular formula is C23H26N2O3. The average molecular weight is 378 g/mol. The van der Waals surface area contributed by atoms with Gasteiger partial charge in [-0.3, -0.25) is 0 Å². The summed E-state index contributed by atoms with van der Waals surface area (Å²) in [5.41, 5.74) is 3.80. The second-order valence-corrected chi connectivity index (χ2v) is 7.44. The van der Waals surface area contributed by atoms with Gasteiger partial charge in [0.25, 0.3) is 0 Å².